The minimum absolute atomic E-state index is 0.579. The van der Waals surface area contributed by atoms with Gasteiger partial charge in [0.15, 0.2) is 0 Å². The first kappa shape index (κ1) is 10.2. The van der Waals surface area contributed by atoms with Gasteiger partial charge in [-0.3, -0.25) is 0 Å². The summed E-state index contributed by atoms with van der Waals surface area (Å²) < 4.78 is 4.28. The SMILES string of the molecule is CCC#COC(=O)/C=C\C(=O)O. The minimum Gasteiger partial charge on any atom is -0.478 e. The molecule has 1 N–H and O–H groups in total. The molecule has 0 aliphatic carbocycles. The van der Waals surface area contributed by atoms with Crippen molar-refractivity contribution < 1.29 is 19.4 Å². The number of carbonyl (C=O) groups is 2. The molecule has 0 aromatic heterocycles. The van der Waals surface area contributed by atoms with Crippen LogP contribution in [-0.2, 0) is 14.3 Å². The molecule has 0 spiro atoms. The van der Waals surface area contributed by atoms with E-state index in [2.05, 4.69) is 16.8 Å². The van der Waals surface area contributed by atoms with E-state index in [1.54, 1.807) is 6.92 Å². The first-order valence-corrected chi connectivity index (χ1v) is 3.26. The van der Waals surface area contributed by atoms with Crippen molar-refractivity contribution in [3.05, 3.63) is 12.2 Å². The molecule has 0 saturated carbocycles. The molecule has 0 aliphatic rings. The Hall–Kier alpha value is -1.76. The van der Waals surface area contributed by atoms with Gasteiger partial charge in [0.1, 0.15) is 6.11 Å². The molecule has 12 heavy (non-hydrogen) atoms. The van der Waals surface area contributed by atoms with Crippen molar-refractivity contribution in [1.29, 1.82) is 0 Å². The molecule has 0 saturated heterocycles. The number of rotatable bonds is 2. The number of ether oxygens (including phenoxy) is 1. The fourth-order valence-electron chi connectivity index (χ4n) is 0.332. The van der Waals surface area contributed by atoms with Gasteiger partial charge in [0.05, 0.1) is 0 Å². The third-order valence-corrected chi connectivity index (χ3v) is 0.763. The van der Waals surface area contributed by atoms with Gasteiger partial charge in [0.25, 0.3) is 0 Å². The smallest absolute Gasteiger partial charge is 0.344 e. The Balaban J connectivity index is 3.82. The molecule has 0 unspecified atom stereocenters. The maximum atomic E-state index is 10.5. The highest BCUT2D eigenvalue weighted by Gasteiger charge is 1.94. The summed E-state index contributed by atoms with van der Waals surface area (Å²) in [5.74, 6) is 0.514. The first-order chi connectivity index (χ1) is 5.66. The maximum absolute atomic E-state index is 10.5. The van der Waals surface area contributed by atoms with Crippen LogP contribution < -0.4 is 0 Å². The van der Waals surface area contributed by atoms with Gasteiger partial charge in [0.2, 0.25) is 0 Å². The zero-order valence-electron chi connectivity index (χ0n) is 6.53. The van der Waals surface area contributed by atoms with Gasteiger partial charge < -0.3 is 9.84 Å². The lowest BCUT2D eigenvalue weighted by molar-refractivity contribution is -0.134. The van der Waals surface area contributed by atoms with E-state index in [0.29, 0.717) is 12.5 Å². The fourth-order valence-corrected chi connectivity index (χ4v) is 0.332. The Bertz CT molecular complexity index is 254. The molecule has 0 rings (SSSR count). The lowest BCUT2D eigenvalue weighted by atomic mass is 10.5. The molecular formula is C8H8O4. The normalized spacial score (nSPS) is 8.75. The second-order valence-electron chi connectivity index (χ2n) is 1.73. The van der Waals surface area contributed by atoms with Crippen molar-refractivity contribution in [2.24, 2.45) is 0 Å². The van der Waals surface area contributed by atoms with E-state index in [-0.39, 0.29) is 0 Å². The van der Waals surface area contributed by atoms with Crippen molar-refractivity contribution in [2.75, 3.05) is 0 Å². The summed E-state index contributed by atoms with van der Waals surface area (Å²) >= 11 is 0. The number of carbonyl (C=O) groups excluding carboxylic acids is 1. The summed E-state index contributed by atoms with van der Waals surface area (Å²) in [6.07, 6.45) is 4.18. The highest BCUT2D eigenvalue weighted by atomic mass is 16.5. The van der Waals surface area contributed by atoms with E-state index in [1.165, 1.54) is 0 Å². The number of esters is 1. The summed E-state index contributed by atoms with van der Waals surface area (Å²) in [5, 5.41) is 8.10. The molecule has 0 bridgehead atoms. The van der Waals surface area contributed by atoms with E-state index in [4.69, 9.17) is 5.11 Å². The van der Waals surface area contributed by atoms with Crippen LogP contribution in [0.15, 0.2) is 12.2 Å². The predicted octanol–water partition coefficient (Wildman–Crippen LogP) is 0.541. The maximum Gasteiger partial charge on any atom is 0.344 e. The quantitative estimate of drug-likeness (QED) is 0.371. The Morgan fingerprint density at radius 2 is 2.17 bits per heavy atom. The summed E-state index contributed by atoms with van der Waals surface area (Å²) in [4.78, 5) is 20.5. The third kappa shape index (κ3) is 6.36. The molecule has 0 aromatic rings. The summed E-state index contributed by atoms with van der Waals surface area (Å²) in [6.45, 7) is 1.80. The summed E-state index contributed by atoms with van der Waals surface area (Å²) in [7, 11) is 0. The number of carboxylic acids is 1. The van der Waals surface area contributed by atoms with Crippen LogP contribution in [-0.4, -0.2) is 17.0 Å². The molecule has 0 aromatic carbocycles. The van der Waals surface area contributed by atoms with Gasteiger partial charge >= 0.3 is 11.9 Å². The van der Waals surface area contributed by atoms with Crippen LogP contribution >= 0.6 is 0 Å². The molecule has 4 heteroatoms. The van der Waals surface area contributed by atoms with Crippen molar-refractivity contribution in [3.63, 3.8) is 0 Å². The van der Waals surface area contributed by atoms with Crippen molar-refractivity contribution in [3.8, 4) is 12.0 Å². The standard InChI is InChI=1S/C8H8O4/c1-2-3-6-12-8(11)5-4-7(9)10/h4-5H,2H2,1H3,(H,9,10)/b5-4-. The number of hydrogen-bond acceptors (Lipinski definition) is 3. The number of hydrogen-bond donors (Lipinski definition) is 1. The highest BCUT2D eigenvalue weighted by Crippen LogP contribution is 1.80. The zero-order valence-corrected chi connectivity index (χ0v) is 6.53. The molecule has 4 nitrogen and oxygen atoms in total. The second-order valence-corrected chi connectivity index (χ2v) is 1.73. The van der Waals surface area contributed by atoms with E-state index in [1.807, 2.05) is 0 Å². The van der Waals surface area contributed by atoms with E-state index < -0.39 is 11.9 Å². The topological polar surface area (TPSA) is 63.6 Å². The molecular weight excluding hydrogens is 160 g/mol. The lowest BCUT2D eigenvalue weighted by Crippen LogP contribution is -1.96. The molecule has 0 fully saturated rings. The van der Waals surface area contributed by atoms with Crippen LogP contribution in [0, 0.1) is 12.0 Å². The zero-order chi connectivity index (χ0) is 9.40. The molecule has 0 aliphatic heterocycles. The molecule has 0 atom stereocenters. The van der Waals surface area contributed by atoms with Crippen LogP contribution in [0.1, 0.15) is 13.3 Å². The summed E-state index contributed by atoms with van der Waals surface area (Å²) in [5.41, 5.74) is 0. The van der Waals surface area contributed by atoms with Gasteiger partial charge in [-0.15, -0.1) is 0 Å². The largest absolute Gasteiger partial charge is 0.478 e. The predicted molar refractivity (Wildman–Crippen MR) is 40.9 cm³/mol. The summed E-state index contributed by atoms with van der Waals surface area (Å²) in [6, 6.07) is 0. The van der Waals surface area contributed by atoms with Crippen LogP contribution in [0.4, 0.5) is 0 Å². The van der Waals surface area contributed by atoms with Crippen LogP contribution in [0.3, 0.4) is 0 Å². The second kappa shape index (κ2) is 5.98. The van der Waals surface area contributed by atoms with Crippen LogP contribution in [0.2, 0.25) is 0 Å². The number of aliphatic carboxylic acids is 1. The number of carboxylic acid groups (broad SMARTS) is 1. The Labute approximate surface area is 69.8 Å². The fraction of sp³-hybridized carbons (Fsp3) is 0.250. The Kier molecular flexibility index (Phi) is 5.11. The average molecular weight is 168 g/mol. The van der Waals surface area contributed by atoms with Gasteiger partial charge in [-0.2, -0.15) is 0 Å². The first-order valence-electron chi connectivity index (χ1n) is 3.26. The van der Waals surface area contributed by atoms with E-state index in [0.717, 1.165) is 6.08 Å². The monoisotopic (exact) mass is 168 g/mol. The van der Waals surface area contributed by atoms with Crippen molar-refractivity contribution in [2.45, 2.75) is 13.3 Å². The minimum atomic E-state index is -1.20. The Morgan fingerprint density at radius 1 is 1.50 bits per heavy atom. The van der Waals surface area contributed by atoms with Gasteiger partial charge in [-0.1, -0.05) is 12.8 Å². The third-order valence-electron chi connectivity index (χ3n) is 0.763. The van der Waals surface area contributed by atoms with Crippen LogP contribution in [0.25, 0.3) is 0 Å². The average Bonchev–Trinajstić information content (AvgIpc) is 2.01. The molecule has 64 valence electrons. The van der Waals surface area contributed by atoms with E-state index in [9.17, 15) is 9.59 Å². The van der Waals surface area contributed by atoms with Crippen molar-refractivity contribution in [1.82, 2.24) is 0 Å². The van der Waals surface area contributed by atoms with Crippen LogP contribution in [0.5, 0.6) is 0 Å². The van der Waals surface area contributed by atoms with Gasteiger partial charge in [-0.25, -0.2) is 9.59 Å². The highest BCUT2D eigenvalue weighted by molar-refractivity contribution is 5.91. The molecule has 0 amide bonds. The van der Waals surface area contributed by atoms with Gasteiger partial charge in [0, 0.05) is 18.6 Å². The van der Waals surface area contributed by atoms with Crippen molar-refractivity contribution >= 4 is 11.9 Å². The molecule has 0 heterocycles. The molecule has 0 radical (unpaired) electrons. The van der Waals surface area contributed by atoms with E-state index >= 15 is 0 Å². The Morgan fingerprint density at radius 3 is 2.67 bits per heavy atom. The lowest BCUT2D eigenvalue weighted by Gasteiger charge is -1.85. The van der Waals surface area contributed by atoms with Gasteiger partial charge in [-0.05, 0) is 0 Å².